The minimum Gasteiger partial charge on any atom is -0.481 e. The molecule has 130 valence electrons. The minimum atomic E-state index is -0.872. The number of hydrogen-bond acceptors (Lipinski definition) is 2. The zero-order valence-corrected chi connectivity index (χ0v) is 14.6. The lowest BCUT2D eigenvalue weighted by Crippen LogP contribution is -2.53. The van der Waals surface area contributed by atoms with Gasteiger partial charge in [0, 0.05) is 12.1 Å². The van der Waals surface area contributed by atoms with Crippen LogP contribution >= 0.6 is 0 Å². The van der Waals surface area contributed by atoms with Crippen LogP contribution in [-0.2, 0) is 11.2 Å². The number of benzene rings is 2. The number of carbonyl (C=O) groups is 2. The fourth-order valence-electron chi connectivity index (χ4n) is 3.79. The Bertz CT molecular complexity index is 770. The van der Waals surface area contributed by atoms with Crippen LogP contribution in [0.15, 0.2) is 54.6 Å². The summed E-state index contributed by atoms with van der Waals surface area (Å²) in [4.78, 5) is 26.8. The van der Waals surface area contributed by atoms with Gasteiger partial charge in [0.1, 0.15) is 5.92 Å². The second-order valence-corrected chi connectivity index (χ2v) is 6.87. The smallest absolute Gasteiger partial charge is 0.313 e. The van der Waals surface area contributed by atoms with Crippen LogP contribution in [0.3, 0.4) is 0 Å². The van der Waals surface area contributed by atoms with Crippen molar-refractivity contribution in [2.24, 2.45) is 5.92 Å². The Hall–Kier alpha value is -2.62. The van der Waals surface area contributed by atoms with Crippen molar-refractivity contribution in [1.29, 1.82) is 0 Å². The monoisotopic (exact) mass is 337 g/mol. The molecule has 0 bridgehead atoms. The molecule has 2 unspecified atom stereocenters. The maximum atomic E-state index is 13.1. The maximum Gasteiger partial charge on any atom is 0.313 e. The molecular formula is C21H23NO3. The number of nitrogens with zero attached hydrogens (tertiary/aromatic N) is 1. The SMILES string of the molecule is CC(C)C1C(C(=O)O)c2ccccc2C(=O)N1CCc1ccccc1. The molecule has 1 heterocycles. The van der Waals surface area contributed by atoms with Crippen LogP contribution in [0.5, 0.6) is 0 Å². The molecule has 0 spiro atoms. The summed E-state index contributed by atoms with van der Waals surface area (Å²) in [5.41, 5.74) is 2.29. The molecule has 2 aromatic carbocycles. The molecule has 1 aliphatic heterocycles. The van der Waals surface area contributed by atoms with Crippen molar-refractivity contribution in [3.63, 3.8) is 0 Å². The van der Waals surface area contributed by atoms with Gasteiger partial charge in [-0.1, -0.05) is 62.4 Å². The largest absolute Gasteiger partial charge is 0.481 e. The van der Waals surface area contributed by atoms with Crippen LogP contribution in [0.25, 0.3) is 0 Å². The van der Waals surface area contributed by atoms with Gasteiger partial charge in [-0.25, -0.2) is 0 Å². The molecule has 0 aliphatic carbocycles. The van der Waals surface area contributed by atoms with E-state index in [0.717, 1.165) is 5.56 Å². The molecule has 2 atom stereocenters. The highest BCUT2D eigenvalue weighted by Gasteiger charge is 2.44. The Kier molecular flexibility index (Phi) is 4.88. The van der Waals surface area contributed by atoms with E-state index in [9.17, 15) is 14.7 Å². The van der Waals surface area contributed by atoms with Crippen molar-refractivity contribution in [2.75, 3.05) is 6.54 Å². The summed E-state index contributed by atoms with van der Waals surface area (Å²) in [6.07, 6.45) is 0.713. The molecule has 1 aliphatic rings. The zero-order chi connectivity index (χ0) is 18.0. The van der Waals surface area contributed by atoms with Crippen molar-refractivity contribution >= 4 is 11.9 Å². The van der Waals surface area contributed by atoms with Crippen molar-refractivity contribution in [1.82, 2.24) is 4.90 Å². The molecule has 0 saturated carbocycles. The number of carboxylic acids is 1. The Morgan fingerprint density at radius 2 is 1.72 bits per heavy atom. The van der Waals surface area contributed by atoms with Crippen LogP contribution in [0.2, 0.25) is 0 Å². The van der Waals surface area contributed by atoms with E-state index in [0.29, 0.717) is 24.1 Å². The second-order valence-electron chi connectivity index (χ2n) is 6.87. The van der Waals surface area contributed by atoms with Crippen molar-refractivity contribution in [2.45, 2.75) is 32.2 Å². The first-order valence-electron chi connectivity index (χ1n) is 8.67. The quantitative estimate of drug-likeness (QED) is 0.907. The topological polar surface area (TPSA) is 57.6 Å². The average Bonchev–Trinajstić information content (AvgIpc) is 2.61. The van der Waals surface area contributed by atoms with E-state index in [1.54, 1.807) is 29.2 Å². The lowest BCUT2D eigenvalue weighted by atomic mass is 9.78. The van der Waals surface area contributed by atoms with Crippen LogP contribution in [-0.4, -0.2) is 34.5 Å². The van der Waals surface area contributed by atoms with Gasteiger partial charge in [0.15, 0.2) is 0 Å². The van der Waals surface area contributed by atoms with Gasteiger partial charge in [-0.15, -0.1) is 0 Å². The van der Waals surface area contributed by atoms with Gasteiger partial charge < -0.3 is 10.0 Å². The average molecular weight is 337 g/mol. The summed E-state index contributed by atoms with van der Waals surface area (Å²) < 4.78 is 0. The number of carbonyl (C=O) groups excluding carboxylic acids is 1. The molecule has 0 saturated heterocycles. The number of amides is 1. The third-order valence-corrected chi connectivity index (χ3v) is 4.92. The predicted octanol–water partition coefficient (Wildman–Crippen LogP) is 3.58. The Morgan fingerprint density at radius 3 is 2.36 bits per heavy atom. The fourth-order valence-corrected chi connectivity index (χ4v) is 3.79. The van der Waals surface area contributed by atoms with Crippen molar-refractivity contribution in [3.8, 4) is 0 Å². The zero-order valence-electron chi connectivity index (χ0n) is 14.6. The first-order valence-corrected chi connectivity index (χ1v) is 8.67. The van der Waals surface area contributed by atoms with E-state index in [1.165, 1.54) is 0 Å². The lowest BCUT2D eigenvalue weighted by molar-refractivity contribution is -0.141. The summed E-state index contributed by atoms with van der Waals surface area (Å²) in [6.45, 7) is 4.48. The first kappa shape index (κ1) is 17.2. The Balaban J connectivity index is 1.98. The van der Waals surface area contributed by atoms with Gasteiger partial charge >= 0.3 is 5.97 Å². The van der Waals surface area contributed by atoms with E-state index in [1.807, 2.05) is 44.2 Å². The minimum absolute atomic E-state index is 0.0502. The number of rotatable bonds is 5. The molecular weight excluding hydrogens is 314 g/mol. The van der Waals surface area contributed by atoms with E-state index in [2.05, 4.69) is 0 Å². The Labute approximate surface area is 148 Å². The second kappa shape index (κ2) is 7.09. The van der Waals surface area contributed by atoms with Crippen molar-refractivity contribution in [3.05, 3.63) is 71.3 Å². The highest BCUT2D eigenvalue weighted by atomic mass is 16.4. The van der Waals surface area contributed by atoms with Crippen LogP contribution in [0, 0.1) is 5.92 Å². The maximum absolute atomic E-state index is 13.1. The molecule has 25 heavy (non-hydrogen) atoms. The summed E-state index contributed by atoms with van der Waals surface area (Å²) in [6, 6.07) is 16.7. The third kappa shape index (κ3) is 3.29. The van der Waals surface area contributed by atoms with Gasteiger partial charge in [0.25, 0.3) is 5.91 Å². The molecule has 4 nitrogen and oxygen atoms in total. The number of aliphatic carboxylic acids is 1. The Morgan fingerprint density at radius 1 is 1.08 bits per heavy atom. The summed E-state index contributed by atoms with van der Waals surface area (Å²) in [5, 5.41) is 9.86. The lowest BCUT2D eigenvalue weighted by Gasteiger charge is -2.42. The predicted molar refractivity (Wildman–Crippen MR) is 96.6 cm³/mol. The molecule has 0 radical (unpaired) electrons. The summed E-state index contributed by atoms with van der Waals surface area (Å²) in [5.74, 6) is -1.58. The molecule has 0 aromatic heterocycles. The summed E-state index contributed by atoms with van der Waals surface area (Å²) in [7, 11) is 0. The number of fused-ring (bicyclic) bond motifs is 1. The fraction of sp³-hybridized carbons (Fsp3) is 0.333. The molecule has 0 fully saturated rings. The number of hydrogen-bond donors (Lipinski definition) is 1. The first-order chi connectivity index (χ1) is 12.0. The van der Waals surface area contributed by atoms with Gasteiger partial charge in [0.05, 0.1) is 6.04 Å². The van der Waals surface area contributed by atoms with E-state index in [-0.39, 0.29) is 17.9 Å². The summed E-state index contributed by atoms with van der Waals surface area (Å²) >= 11 is 0. The van der Waals surface area contributed by atoms with Gasteiger partial charge in [-0.3, -0.25) is 9.59 Å². The van der Waals surface area contributed by atoms with E-state index in [4.69, 9.17) is 0 Å². The van der Waals surface area contributed by atoms with Crippen molar-refractivity contribution < 1.29 is 14.7 Å². The molecule has 1 N–H and O–H groups in total. The standard InChI is InChI=1S/C21H23NO3/c1-14(2)19-18(21(24)25)16-10-6-7-11-17(16)20(23)22(19)13-12-15-8-4-3-5-9-15/h3-11,14,18-19H,12-13H2,1-2H3,(H,24,25). The molecule has 1 amide bonds. The van der Waals surface area contributed by atoms with Gasteiger partial charge in [0.2, 0.25) is 0 Å². The molecule has 3 rings (SSSR count). The van der Waals surface area contributed by atoms with Crippen LogP contribution in [0.1, 0.15) is 41.3 Å². The normalized spacial score (nSPS) is 19.8. The van der Waals surface area contributed by atoms with Gasteiger partial charge in [-0.05, 0) is 29.5 Å². The van der Waals surface area contributed by atoms with E-state index < -0.39 is 11.9 Å². The van der Waals surface area contributed by atoms with Gasteiger partial charge in [-0.2, -0.15) is 0 Å². The van der Waals surface area contributed by atoms with Crippen LogP contribution in [0.4, 0.5) is 0 Å². The molecule has 4 heteroatoms. The van der Waals surface area contributed by atoms with Crippen LogP contribution < -0.4 is 0 Å². The highest BCUT2D eigenvalue weighted by Crippen LogP contribution is 2.37. The van der Waals surface area contributed by atoms with E-state index >= 15 is 0 Å². The number of carboxylic acid groups (broad SMARTS) is 1. The highest BCUT2D eigenvalue weighted by molar-refractivity contribution is 6.00. The third-order valence-electron chi connectivity index (χ3n) is 4.92. The molecule has 2 aromatic rings.